The molecule has 1 atom stereocenters. The molecule has 0 saturated heterocycles. The van der Waals surface area contributed by atoms with E-state index in [1.54, 1.807) is 0 Å². The first-order valence-corrected chi connectivity index (χ1v) is 3.46. The molecule has 11 heavy (non-hydrogen) atoms. The summed E-state index contributed by atoms with van der Waals surface area (Å²) >= 11 is 0. The van der Waals surface area contributed by atoms with E-state index >= 15 is 0 Å². The molecule has 0 amide bonds. The third kappa shape index (κ3) is 1.75. The highest BCUT2D eigenvalue weighted by molar-refractivity contribution is 4.90. The Morgan fingerprint density at radius 3 is 2.91 bits per heavy atom. The number of hydrogen-bond donors (Lipinski definition) is 2. The zero-order chi connectivity index (χ0) is 8.27. The Labute approximate surface area is 64.2 Å². The van der Waals surface area contributed by atoms with Crippen LogP contribution in [0.15, 0.2) is 4.52 Å². The highest BCUT2D eigenvalue weighted by Gasteiger charge is 2.11. The first kappa shape index (κ1) is 8.16. The molecule has 0 radical (unpaired) electrons. The van der Waals surface area contributed by atoms with Crippen LogP contribution in [0, 0.1) is 0 Å². The second-order valence-corrected chi connectivity index (χ2v) is 2.19. The molecule has 3 N–H and O–H groups in total. The van der Waals surface area contributed by atoms with Gasteiger partial charge in [0.25, 0.3) is 0 Å². The highest BCUT2D eigenvalue weighted by Crippen LogP contribution is 2.05. The zero-order valence-corrected chi connectivity index (χ0v) is 6.32. The molecule has 1 aromatic heterocycles. The molecule has 0 bridgehead atoms. The third-order valence-corrected chi connectivity index (χ3v) is 1.31. The number of aliphatic hydroxyl groups excluding tert-OH is 1. The summed E-state index contributed by atoms with van der Waals surface area (Å²) in [5.74, 6) is 0.910. The molecule has 5 nitrogen and oxygen atoms in total. The summed E-state index contributed by atoms with van der Waals surface area (Å²) < 4.78 is 4.76. The van der Waals surface area contributed by atoms with E-state index < -0.39 is 6.04 Å². The van der Waals surface area contributed by atoms with Gasteiger partial charge in [-0.2, -0.15) is 4.98 Å². The third-order valence-electron chi connectivity index (χ3n) is 1.31. The predicted molar refractivity (Wildman–Crippen MR) is 37.7 cm³/mol. The summed E-state index contributed by atoms with van der Waals surface area (Å²) in [6.07, 6.45) is 0.710. The Kier molecular flexibility index (Phi) is 2.56. The van der Waals surface area contributed by atoms with Gasteiger partial charge < -0.3 is 15.4 Å². The molecule has 0 aliphatic rings. The molecule has 0 aromatic carbocycles. The zero-order valence-electron chi connectivity index (χ0n) is 6.32. The van der Waals surface area contributed by atoms with Crippen LogP contribution in [0.4, 0.5) is 0 Å². The van der Waals surface area contributed by atoms with Crippen LogP contribution in [0.3, 0.4) is 0 Å². The molecule has 1 rings (SSSR count). The van der Waals surface area contributed by atoms with Crippen molar-refractivity contribution in [3.05, 3.63) is 11.7 Å². The molecule has 0 spiro atoms. The summed E-state index contributed by atoms with van der Waals surface area (Å²) in [7, 11) is 0. The van der Waals surface area contributed by atoms with Crippen molar-refractivity contribution in [3.8, 4) is 0 Å². The number of hydrogen-bond acceptors (Lipinski definition) is 5. The maximum Gasteiger partial charge on any atom is 0.245 e. The fourth-order valence-electron chi connectivity index (χ4n) is 0.640. The Bertz CT molecular complexity index is 223. The molecule has 0 aliphatic heterocycles. The second-order valence-electron chi connectivity index (χ2n) is 2.19. The highest BCUT2D eigenvalue weighted by atomic mass is 16.5. The van der Waals surface area contributed by atoms with Crippen LogP contribution in [-0.2, 0) is 6.42 Å². The number of rotatable bonds is 3. The van der Waals surface area contributed by atoms with E-state index in [-0.39, 0.29) is 6.61 Å². The Balaban J connectivity index is 2.71. The van der Waals surface area contributed by atoms with E-state index in [0.29, 0.717) is 18.1 Å². The van der Waals surface area contributed by atoms with Gasteiger partial charge in [0.05, 0.1) is 6.61 Å². The molecule has 1 aromatic rings. The van der Waals surface area contributed by atoms with Gasteiger partial charge in [0.15, 0.2) is 5.82 Å². The monoisotopic (exact) mass is 157 g/mol. The Morgan fingerprint density at radius 1 is 1.73 bits per heavy atom. The van der Waals surface area contributed by atoms with Gasteiger partial charge in [0.1, 0.15) is 6.04 Å². The van der Waals surface area contributed by atoms with E-state index in [9.17, 15) is 0 Å². The molecule has 62 valence electrons. The van der Waals surface area contributed by atoms with Crippen molar-refractivity contribution in [2.75, 3.05) is 6.61 Å². The maximum atomic E-state index is 8.62. The van der Waals surface area contributed by atoms with E-state index in [4.69, 9.17) is 15.4 Å². The summed E-state index contributed by atoms with van der Waals surface area (Å²) in [4.78, 5) is 3.94. The largest absolute Gasteiger partial charge is 0.394 e. The first-order chi connectivity index (χ1) is 5.27. The van der Waals surface area contributed by atoms with Crippen LogP contribution in [0.1, 0.15) is 24.7 Å². The smallest absolute Gasteiger partial charge is 0.245 e. The Hall–Kier alpha value is -0.940. The summed E-state index contributed by atoms with van der Waals surface area (Å²) in [5.41, 5.74) is 5.42. The molecule has 0 saturated carbocycles. The van der Waals surface area contributed by atoms with E-state index in [0.717, 1.165) is 0 Å². The van der Waals surface area contributed by atoms with Crippen LogP contribution in [-0.4, -0.2) is 21.9 Å². The van der Waals surface area contributed by atoms with Gasteiger partial charge in [0.2, 0.25) is 5.89 Å². The van der Waals surface area contributed by atoms with Crippen LogP contribution in [0.25, 0.3) is 0 Å². The van der Waals surface area contributed by atoms with Crippen molar-refractivity contribution in [2.45, 2.75) is 19.4 Å². The van der Waals surface area contributed by atoms with Crippen LogP contribution < -0.4 is 5.73 Å². The lowest BCUT2D eigenvalue weighted by Gasteiger charge is -1.98. The van der Waals surface area contributed by atoms with Crippen LogP contribution >= 0.6 is 0 Å². The standard InChI is InChI=1S/C6H11N3O2/c1-2-5-8-6(11-9-5)4(7)3-10/h4,10H,2-3,7H2,1H3/t4-/m0/s1. The van der Waals surface area contributed by atoms with E-state index in [1.165, 1.54) is 0 Å². The SMILES string of the molecule is CCc1noc([C@@H](N)CO)n1. The fraction of sp³-hybridized carbons (Fsp3) is 0.667. The maximum absolute atomic E-state index is 8.62. The molecular formula is C6H11N3O2. The number of aryl methyl sites for hydroxylation is 1. The van der Waals surface area contributed by atoms with Crippen molar-refractivity contribution in [1.82, 2.24) is 10.1 Å². The van der Waals surface area contributed by atoms with E-state index in [1.807, 2.05) is 6.92 Å². The summed E-state index contributed by atoms with van der Waals surface area (Å²) in [6, 6.07) is -0.553. The summed E-state index contributed by atoms with van der Waals surface area (Å²) in [5, 5.41) is 12.2. The number of nitrogens with zero attached hydrogens (tertiary/aromatic N) is 2. The lowest BCUT2D eigenvalue weighted by atomic mass is 10.3. The van der Waals surface area contributed by atoms with Gasteiger partial charge in [-0.15, -0.1) is 0 Å². The van der Waals surface area contributed by atoms with Crippen molar-refractivity contribution in [1.29, 1.82) is 0 Å². The average Bonchev–Trinajstić information content (AvgIpc) is 2.50. The molecule has 0 fully saturated rings. The van der Waals surface area contributed by atoms with Crippen molar-refractivity contribution >= 4 is 0 Å². The molecule has 0 aliphatic carbocycles. The Morgan fingerprint density at radius 2 is 2.45 bits per heavy atom. The minimum Gasteiger partial charge on any atom is -0.394 e. The molecular weight excluding hydrogens is 146 g/mol. The van der Waals surface area contributed by atoms with Gasteiger partial charge in [-0.05, 0) is 0 Å². The number of aliphatic hydroxyl groups is 1. The lowest BCUT2D eigenvalue weighted by Crippen LogP contribution is -2.14. The van der Waals surface area contributed by atoms with Gasteiger partial charge in [-0.25, -0.2) is 0 Å². The van der Waals surface area contributed by atoms with Gasteiger partial charge in [0, 0.05) is 6.42 Å². The van der Waals surface area contributed by atoms with E-state index in [2.05, 4.69) is 10.1 Å². The van der Waals surface area contributed by atoms with Crippen LogP contribution in [0.5, 0.6) is 0 Å². The van der Waals surface area contributed by atoms with Gasteiger partial charge >= 0.3 is 0 Å². The van der Waals surface area contributed by atoms with Crippen molar-refractivity contribution in [3.63, 3.8) is 0 Å². The quantitative estimate of drug-likeness (QED) is 0.625. The predicted octanol–water partition coefficient (Wildman–Crippen LogP) is -0.376. The van der Waals surface area contributed by atoms with Crippen LogP contribution in [0.2, 0.25) is 0 Å². The second kappa shape index (κ2) is 3.45. The van der Waals surface area contributed by atoms with Gasteiger partial charge in [-0.3, -0.25) is 0 Å². The topological polar surface area (TPSA) is 85.2 Å². The normalized spacial score (nSPS) is 13.4. The summed E-state index contributed by atoms with van der Waals surface area (Å²) in [6.45, 7) is 1.74. The first-order valence-electron chi connectivity index (χ1n) is 3.46. The van der Waals surface area contributed by atoms with Gasteiger partial charge in [-0.1, -0.05) is 12.1 Å². The molecule has 1 heterocycles. The lowest BCUT2D eigenvalue weighted by molar-refractivity contribution is 0.236. The van der Waals surface area contributed by atoms with Crippen molar-refractivity contribution in [2.24, 2.45) is 5.73 Å². The minimum atomic E-state index is -0.553. The number of aromatic nitrogens is 2. The molecule has 0 unspecified atom stereocenters. The molecule has 5 heteroatoms. The minimum absolute atomic E-state index is 0.175. The average molecular weight is 157 g/mol. The fourth-order valence-corrected chi connectivity index (χ4v) is 0.640. The number of nitrogens with two attached hydrogens (primary N) is 1. The van der Waals surface area contributed by atoms with Crippen molar-refractivity contribution < 1.29 is 9.63 Å².